The van der Waals surface area contributed by atoms with Gasteiger partial charge in [0.05, 0.1) is 13.0 Å². The van der Waals surface area contributed by atoms with E-state index in [-0.39, 0.29) is 18.8 Å². The molecule has 0 bridgehead atoms. The van der Waals surface area contributed by atoms with Gasteiger partial charge in [0.25, 0.3) is 0 Å². The molecule has 1 aromatic rings. The summed E-state index contributed by atoms with van der Waals surface area (Å²) in [5.41, 5.74) is 0.828. The lowest BCUT2D eigenvalue weighted by Crippen LogP contribution is -2.21. The van der Waals surface area contributed by atoms with Crippen molar-refractivity contribution in [3.05, 3.63) is 35.9 Å². The first-order valence-electron chi connectivity index (χ1n) is 5.39. The maximum Gasteiger partial charge on any atom is 0.375 e. The van der Waals surface area contributed by atoms with Crippen LogP contribution in [0.5, 0.6) is 0 Å². The lowest BCUT2D eigenvalue weighted by molar-refractivity contribution is -0.154. The van der Waals surface area contributed by atoms with E-state index in [1.54, 1.807) is 19.1 Å². The van der Waals surface area contributed by atoms with Gasteiger partial charge in [-0.15, -0.1) is 0 Å². The summed E-state index contributed by atoms with van der Waals surface area (Å²) in [6, 6.07) is 9.07. The van der Waals surface area contributed by atoms with Crippen molar-refractivity contribution >= 4 is 17.5 Å². The van der Waals surface area contributed by atoms with Gasteiger partial charge in [-0.3, -0.25) is 9.59 Å². The normalized spacial score (nSPS) is 9.71. The molecule has 90 valence electrons. The van der Waals surface area contributed by atoms with Crippen LogP contribution in [-0.2, 0) is 25.5 Å². The van der Waals surface area contributed by atoms with Crippen LogP contribution in [0.15, 0.2) is 30.3 Å². The van der Waals surface area contributed by atoms with Gasteiger partial charge in [0.1, 0.15) is 5.78 Å². The van der Waals surface area contributed by atoms with E-state index in [1.165, 1.54) is 0 Å². The van der Waals surface area contributed by atoms with E-state index in [4.69, 9.17) is 0 Å². The number of carbonyl (C=O) groups excluding carboxylic acids is 3. The average molecular weight is 234 g/mol. The Morgan fingerprint density at radius 1 is 1.12 bits per heavy atom. The Hall–Kier alpha value is -1.97. The minimum absolute atomic E-state index is 0.136. The van der Waals surface area contributed by atoms with E-state index in [9.17, 15) is 14.4 Å². The van der Waals surface area contributed by atoms with Crippen molar-refractivity contribution in [2.24, 2.45) is 0 Å². The summed E-state index contributed by atoms with van der Waals surface area (Å²) in [4.78, 5) is 33.7. The predicted molar refractivity (Wildman–Crippen MR) is 61.4 cm³/mol. The Bertz CT molecular complexity index is 409. The highest BCUT2D eigenvalue weighted by Gasteiger charge is 2.18. The van der Waals surface area contributed by atoms with Crippen LogP contribution in [0.2, 0.25) is 0 Å². The third-order valence-electron chi connectivity index (χ3n) is 2.10. The second-order valence-electron chi connectivity index (χ2n) is 3.52. The van der Waals surface area contributed by atoms with Gasteiger partial charge in [0.2, 0.25) is 5.78 Å². The number of hydrogen-bond donors (Lipinski definition) is 0. The molecular formula is C13H14O4. The number of esters is 1. The highest BCUT2D eigenvalue weighted by atomic mass is 16.5. The number of hydrogen-bond acceptors (Lipinski definition) is 4. The minimum atomic E-state index is -0.936. The van der Waals surface area contributed by atoms with Crippen LogP contribution in [0.1, 0.15) is 18.9 Å². The van der Waals surface area contributed by atoms with Gasteiger partial charge in [-0.25, -0.2) is 4.79 Å². The summed E-state index contributed by atoms with van der Waals surface area (Å²) in [7, 11) is 0. The lowest BCUT2D eigenvalue weighted by atomic mass is 10.1. The second kappa shape index (κ2) is 6.58. The molecule has 0 saturated heterocycles. The Labute approximate surface area is 99.6 Å². The van der Waals surface area contributed by atoms with Crippen LogP contribution in [-0.4, -0.2) is 24.1 Å². The van der Waals surface area contributed by atoms with Gasteiger partial charge in [-0.2, -0.15) is 0 Å². The van der Waals surface area contributed by atoms with Crippen LogP contribution < -0.4 is 0 Å². The lowest BCUT2D eigenvalue weighted by Gasteiger charge is -2.01. The Kier molecular flexibility index (Phi) is 5.07. The molecule has 4 heteroatoms. The van der Waals surface area contributed by atoms with Crippen LogP contribution >= 0.6 is 0 Å². The number of ether oxygens (including phenoxy) is 1. The van der Waals surface area contributed by atoms with Gasteiger partial charge in [-0.1, -0.05) is 30.3 Å². The van der Waals surface area contributed by atoms with Gasteiger partial charge >= 0.3 is 5.97 Å². The molecule has 0 aliphatic carbocycles. The molecule has 0 saturated carbocycles. The Morgan fingerprint density at radius 2 is 1.76 bits per heavy atom. The van der Waals surface area contributed by atoms with Crippen molar-refractivity contribution in [2.75, 3.05) is 6.61 Å². The number of carbonyl (C=O) groups is 3. The van der Waals surface area contributed by atoms with E-state index in [1.807, 2.05) is 18.2 Å². The van der Waals surface area contributed by atoms with Crippen LogP contribution in [0.25, 0.3) is 0 Å². The standard InChI is InChI=1S/C13H14O4/c1-2-17-13(16)12(15)9-11(14)8-10-6-4-3-5-7-10/h3-7H,2,8-9H2,1H3. The molecule has 1 aromatic carbocycles. The van der Waals surface area contributed by atoms with E-state index < -0.39 is 18.2 Å². The third kappa shape index (κ3) is 4.59. The van der Waals surface area contributed by atoms with Crippen LogP contribution in [0, 0.1) is 0 Å². The number of benzene rings is 1. The summed E-state index contributed by atoms with van der Waals surface area (Å²) < 4.78 is 4.51. The first-order valence-corrected chi connectivity index (χ1v) is 5.39. The van der Waals surface area contributed by atoms with Crippen molar-refractivity contribution in [3.8, 4) is 0 Å². The fourth-order valence-corrected chi connectivity index (χ4v) is 1.35. The Balaban J connectivity index is 2.45. The summed E-state index contributed by atoms with van der Waals surface area (Å²) >= 11 is 0. The quantitative estimate of drug-likeness (QED) is 0.423. The maximum absolute atomic E-state index is 11.5. The zero-order valence-corrected chi connectivity index (χ0v) is 9.64. The molecule has 0 aliphatic heterocycles. The van der Waals surface area contributed by atoms with Crippen LogP contribution in [0.4, 0.5) is 0 Å². The largest absolute Gasteiger partial charge is 0.460 e. The zero-order chi connectivity index (χ0) is 12.7. The summed E-state index contributed by atoms with van der Waals surface area (Å²) in [5, 5.41) is 0. The van der Waals surface area contributed by atoms with Crippen molar-refractivity contribution in [1.82, 2.24) is 0 Å². The van der Waals surface area contributed by atoms with E-state index >= 15 is 0 Å². The summed E-state index contributed by atoms with van der Waals surface area (Å²) in [6.07, 6.45) is -0.236. The zero-order valence-electron chi connectivity index (χ0n) is 9.64. The topological polar surface area (TPSA) is 60.4 Å². The molecule has 17 heavy (non-hydrogen) atoms. The van der Waals surface area contributed by atoms with Crippen molar-refractivity contribution in [1.29, 1.82) is 0 Å². The first kappa shape index (κ1) is 13.1. The van der Waals surface area contributed by atoms with E-state index in [2.05, 4.69) is 4.74 Å². The van der Waals surface area contributed by atoms with Gasteiger partial charge in [0.15, 0.2) is 0 Å². The predicted octanol–water partition coefficient (Wildman–Crippen LogP) is 1.32. The second-order valence-corrected chi connectivity index (χ2v) is 3.52. The highest BCUT2D eigenvalue weighted by Crippen LogP contribution is 2.02. The molecule has 0 aliphatic rings. The molecule has 0 amide bonds. The van der Waals surface area contributed by atoms with Gasteiger partial charge in [-0.05, 0) is 12.5 Å². The SMILES string of the molecule is CCOC(=O)C(=O)CC(=O)Cc1ccccc1. The fraction of sp³-hybridized carbons (Fsp3) is 0.308. The summed E-state index contributed by atoms with van der Waals surface area (Å²) in [6.45, 7) is 1.74. The average Bonchev–Trinajstić information content (AvgIpc) is 2.30. The number of ketones is 2. The number of rotatable bonds is 6. The molecule has 0 radical (unpaired) electrons. The molecule has 0 N–H and O–H groups in total. The minimum Gasteiger partial charge on any atom is -0.460 e. The molecular weight excluding hydrogens is 220 g/mol. The van der Waals surface area contributed by atoms with Crippen molar-refractivity contribution in [2.45, 2.75) is 19.8 Å². The molecule has 4 nitrogen and oxygen atoms in total. The van der Waals surface area contributed by atoms with Crippen molar-refractivity contribution < 1.29 is 19.1 Å². The molecule has 0 spiro atoms. The molecule has 1 rings (SSSR count). The maximum atomic E-state index is 11.5. The highest BCUT2D eigenvalue weighted by molar-refractivity contribution is 6.37. The summed E-state index contributed by atoms with van der Waals surface area (Å²) in [5.74, 6) is -2.00. The monoisotopic (exact) mass is 234 g/mol. The molecule has 0 heterocycles. The smallest absolute Gasteiger partial charge is 0.375 e. The first-order chi connectivity index (χ1) is 8.13. The van der Waals surface area contributed by atoms with Gasteiger partial charge in [0, 0.05) is 6.42 Å². The van der Waals surface area contributed by atoms with E-state index in [0.717, 1.165) is 5.56 Å². The van der Waals surface area contributed by atoms with E-state index in [0.29, 0.717) is 0 Å². The van der Waals surface area contributed by atoms with Crippen LogP contribution in [0.3, 0.4) is 0 Å². The number of Topliss-reactive ketones (excluding diaryl/α,β-unsaturated/α-hetero) is 2. The molecule has 0 atom stereocenters. The molecule has 0 fully saturated rings. The third-order valence-corrected chi connectivity index (χ3v) is 2.10. The Morgan fingerprint density at radius 3 is 2.35 bits per heavy atom. The van der Waals surface area contributed by atoms with Crippen molar-refractivity contribution in [3.63, 3.8) is 0 Å². The molecule has 0 unspecified atom stereocenters. The fourth-order valence-electron chi connectivity index (χ4n) is 1.35. The molecule has 0 aromatic heterocycles. The van der Waals surface area contributed by atoms with Gasteiger partial charge < -0.3 is 4.74 Å².